The third-order valence-electron chi connectivity index (χ3n) is 4.82. The summed E-state index contributed by atoms with van der Waals surface area (Å²) in [6.45, 7) is 1.29. The monoisotopic (exact) mass is 456 g/mol. The number of anilines is 2. The van der Waals surface area contributed by atoms with Crippen LogP contribution < -0.4 is 9.91 Å². The quantitative estimate of drug-likeness (QED) is 0.396. The van der Waals surface area contributed by atoms with Crippen molar-refractivity contribution in [1.82, 2.24) is 0 Å². The zero-order valence-corrected chi connectivity index (χ0v) is 16.6. The van der Waals surface area contributed by atoms with E-state index in [2.05, 4.69) is 21.0 Å². The van der Waals surface area contributed by atoms with Gasteiger partial charge in [-0.3, -0.25) is 29.5 Å². The molecule has 2 aliphatic heterocycles. The standard InChI is InChI=1S/C19H13BrN4O5/c1-10(25)16-15-17(23(21-16)13-6-8-14(9-7-13)24(28)29)19(27)22(18(15)26)12-4-2-11(20)3-5-12/h2-9,15,17H,1H3/t15-,17-/m0/s1. The van der Waals surface area contributed by atoms with Crippen molar-refractivity contribution in [2.45, 2.75) is 13.0 Å². The van der Waals surface area contributed by atoms with Crippen molar-refractivity contribution in [2.75, 3.05) is 9.91 Å². The van der Waals surface area contributed by atoms with Crippen LogP contribution in [0.4, 0.5) is 17.1 Å². The first-order valence-corrected chi connectivity index (χ1v) is 9.35. The molecule has 2 atom stereocenters. The summed E-state index contributed by atoms with van der Waals surface area (Å²) >= 11 is 3.31. The van der Waals surface area contributed by atoms with E-state index in [1.165, 1.54) is 36.2 Å². The van der Waals surface area contributed by atoms with Gasteiger partial charge in [0.1, 0.15) is 17.7 Å². The number of hydrogen-bond acceptors (Lipinski definition) is 7. The molecular weight excluding hydrogens is 444 g/mol. The minimum atomic E-state index is -1.03. The molecule has 10 heteroatoms. The van der Waals surface area contributed by atoms with Crippen molar-refractivity contribution >= 4 is 56.3 Å². The van der Waals surface area contributed by atoms with Gasteiger partial charge in [0.2, 0.25) is 5.91 Å². The maximum absolute atomic E-state index is 13.2. The molecule has 2 amide bonds. The summed E-state index contributed by atoms with van der Waals surface area (Å²) < 4.78 is 0.791. The first kappa shape index (κ1) is 18.9. The molecule has 1 saturated heterocycles. The lowest BCUT2D eigenvalue weighted by Crippen LogP contribution is -2.39. The molecule has 0 saturated carbocycles. The molecule has 0 spiro atoms. The van der Waals surface area contributed by atoms with E-state index in [0.29, 0.717) is 11.4 Å². The number of Topliss-reactive ketones (excluding diaryl/α,β-unsaturated/α-hetero) is 1. The molecule has 4 rings (SSSR count). The molecule has 2 aromatic carbocycles. The fraction of sp³-hybridized carbons (Fsp3) is 0.158. The SMILES string of the molecule is CC(=O)C1=NN(c2ccc([N+](=O)[O-])cc2)[C@@H]2C(=O)N(c3ccc(Br)cc3)C(=O)[C@@H]12. The van der Waals surface area contributed by atoms with Crippen LogP contribution >= 0.6 is 15.9 Å². The first-order valence-electron chi connectivity index (χ1n) is 8.56. The topological polar surface area (TPSA) is 113 Å². The summed E-state index contributed by atoms with van der Waals surface area (Å²) in [5.74, 6) is -2.48. The van der Waals surface area contributed by atoms with Crippen molar-refractivity contribution in [3.05, 3.63) is 63.1 Å². The summed E-state index contributed by atoms with van der Waals surface area (Å²) in [7, 11) is 0. The molecule has 2 heterocycles. The number of hydrogen-bond donors (Lipinski definition) is 0. The van der Waals surface area contributed by atoms with E-state index in [9.17, 15) is 24.5 Å². The number of rotatable bonds is 4. The summed E-state index contributed by atoms with van der Waals surface area (Å²) in [5, 5.41) is 16.4. The Morgan fingerprint density at radius 1 is 1.03 bits per heavy atom. The van der Waals surface area contributed by atoms with Gasteiger partial charge in [0.25, 0.3) is 11.6 Å². The van der Waals surface area contributed by atoms with Crippen LogP contribution in [-0.2, 0) is 14.4 Å². The third kappa shape index (κ3) is 3.01. The van der Waals surface area contributed by atoms with Crippen LogP contribution in [0.3, 0.4) is 0 Å². The van der Waals surface area contributed by atoms with Crippen molar-refractivity contribution < 1.29 is 19.3 Å². The second kappa shape index (κ2) is 6.89. The first-order chi connectivity index (χ1) is 13.8. The zero-order chi connectivity index (χ0) is 20.9. The van der Waals surface area contributed by atoms with Gasteiger partial charge in [0.15, 0.2) is 5.78 Å². The number of nitro benzene ring substituents is 1. The maximum atomic E-state index is 13.2. The van der Waals surface area contributed by atoms with Crippen molar-refractivity contribution in [2.24, 2.45) is 11.0 Å². The third-order valence-corrected chi connectivity index (χ3v) is 5.35. The maximum Gasteiger partial charge on any atom is 0.269 e. The molecule has 0 bridgehead atoms. The second-order valence-corrected chi connectivity index (χ2v) is 7.49. The number of hydrazone groups is 1. The average molecular weight is 457 g/mol. The average Bonchev–Trinajstić information content (AvgIpc) is 3.20. The molecule has 2 aromatic rings. The van der Waals surface area contributed by atoms with E-state index in [0.717, 1.165) is 9.37 Å². The lowest BCUT2D eigenvalue weighted by molar-refractivity contribution is -0.384. The van der Waals surface area contributed by atoms with Gasteiger partial charge in [-0.25, -0.2) is 4.90 Å². The van der Waals surface area contributed by atoms with Crippen LogP contribution in [0, 0.1) is 16.0 Å². The number of halogens is 1. The van der Waals surface area contributed by atoms with E-state index in [-0.39, 0.29) is 11.4 Å². The number of fused-ring (bicyclic) bond motifs is 1. The molecule has 1 fully saturated rings. The molecule has 0 aromatic heterocycles. The van der Waals surface area contributed by atoms with E-state index in [1.807, 2.05) is 0 Å². The second-order valence-electron chi connectivity index (χ2n) is 6.57. The molecular formula is C19H13BrN4O5. The Morgan fingerprint density at radius 3 is 2.17 bits per heavy atom. The highest BCUT2D eigenvalue weighted by Crippen LogP contribution is 2.38. The number of benzene rings is 2. The minimum Gasteiger partial charge on any atom is -0.293 e. The van der Waals surface area contributed by atoms with E-state index < -0.39 is 34.5 Å². The van der Waals surface area contributed by atoms with Crippen molar-refractivity contribution in [3.63, 3.8) is 0 Å². The lowest BCUT2D eigenvalue weighted by Gasteiger charge is -2.22. The van der Waals surface area contributed by atoms with Crippen LogP contribution in [0.1, 0.15) is 6.92 Å². The predicted molar refractivity (Wildman–Crippen MR) is 108 cm³/mol. The Kier molecular flexibility index (Phi) is 4.50. The molecule has 0 aliphatic carbocycles. The zero-order valence-electron chi connectivity index (χ0n) is 15.0. The highest BCUT2D eigenvalue weighted by molar-refractivity contribution is 9.10. The minimum absolute atomic E-state index is 0.00804. The number of nitro groups is 1. The Bertz CT molecular complexity index is 1080. The summed E-state index contributed by atoms with van der Waals surface area (Å²) in [5.41, 5.74) is 0.640. The smallest absolute Gasteiger partial charge is 0.269 e. The van der Waals surface area contributed by atoms with Crippen molar-refractivity contribution in [1.29, 1.82) is 0 Å². The van der Waals surface area contributed by atoms with Crippen LogP contribution in [-0.4, -0.2) is 34.3 Å². The highest BCUT2D eigenvalue weighted by atomic mass is 79.9. The van der Waals surface area contributed by atoms with E-state index in [1.54, 1.807) is 24.3 Å². The summed E-state index contributed by atoms with van der Waals surface area (Å²) in [4.78, 5) is 49.7. The fourth-order valence-electron chi connectivity index (χ4n) is 3.49. The van der Waals surface area contributed by atoms with Gasteiger partial charge >= 0.3 is 0 Å². The number of carbonyl (C=O) groups is 3. The molecule has 9 nitrogen and oxygen atoms in total. The van der Waals surface area contributed by atoms with Crippen LogP contribution in [0.2, 0.25) is 0 Å². The Balaban J connectivity index is 1.76. The van der Waals surface area contributed by atoms with E-state index >= 15 is 0 Å². The number of imide groups is 1. The molecule has 0 unspecified atom stereocenters. The van der Waals surface area contributed by atoms with E-state index in [4.69, 9.17) is 0 Å². The van der Waals surface area contributed by atoms with Gasteiger partial charge in [-0.15, -0.1) is 0 Å². The molecule has 2 aliphatic rings. The number of carbonyl (C=O) groups excluding carboxylic acids is 3. The number of non-ortho nitro benzene ring substituents is 1. The number of ketones is 1. The van der Waals surface area contributed by atoms with Crippen molar-refractivity contribution in [3.8, 4) is 0 Å². The Labute approximate surface area is 172 Å². The van der Waals surface area contributed by atoms with Crippen LogP contribution in [0.15, 0.2) is 58.1 Å². The normalized spacial score (nSPS) is 20.7. The summed E-state index contributed by atoms with van der Waals surface area (Å²) in [6, 6.07) is 11.1. The number of amides is 2. The molecule has 0 N–H and O–H groups in total. The molecule has 0 radical (unpaired) electrons. The largest absolute Gasteiger partial charge is 0.293 e. The van der Waals surface area contributed by atoms with Gasteiger partial charge < -0.3 is 0 Å². The van der Waals surface area contributed by atoms with Gasteiger partial charge in [0, 0.05) is 23.5 Å². The fourth-order valence-corrected chi connectivity index (χ4v) is 3.75. The highest BCUT2D eigenvalue weighted by Gasteiger charge is 2.58. The van der Waals surface area contributed by atoms with Gasteiger partial charge in [-0.2, -0.15) is 5.10 Å². The Morgan fingerprint density at radius 2 is 1.62 bits per heavy atom. The van der Waals surface area contributed by atoms with Gasteiger partial charge in [0.05, 0.1) is 16.3 Å². The predicted octanol–water partition coefficient (Wildman–Crippen LogP) is 2.68. The summed E-state index contributed by atoms with van der Waals surface area (Å²) in [6.07, 6.45) is 0. The van der Waals surface area contributed by atoms with Crippen LogP contribution in [0.5, 0.6) is 0 Å². The number of nitrogens with zero attached hydrogens (tertiary/aromatic N) is 4. The van der Waals surface area contributed by atoms with Gasteiger partial charge in [-0.1, -0.05) is 15.9 Å². The molecule has 29 heavy (non-hydrogen) atoms. The van der Waals surface area contributed by atoms with Gasteiger partial charge in [-0.05, 0) is 36.4 Å². The van der Waals surface area contributed by atoms with Crippen LogP contribution in [0.25, 0.3) is 0 Å². The Hall–Kier alpha value is -3.40. The lowest BCUT2D eigenvalue weighted by atomic mass is 9.95. The molecule has 146 valence electrons.